The molecule has 0 heterocycles. The van der Waals surface area contributed by atoms with Crippen molar-refractivity contribution in [2.24, 2.45) is 5.92 Å². The quantitative estimate of drug-likeness (QED) is 0.635. The summed E-state index contributed by atoms with van der Waals surface area (Å²) in [5.41, 5.74) is 0. The molecule has 5 heteroatoms. The van der Waals surface area contributed by atoms with Crippen LogP contribution in [0.25, 0.3) is 0 Å². The summed E-state index contributed by atoms with van der Waals surface area (Å²) in [6.07, 6.45) is 2.46. The lowest BCUT2D eigenvalue weighted by molar-refractivity contribution is -0.144. The van der Waals surface area contributed by atoms with Gasteiger partial charge in [-0.25, -0.2) is 0 Å². The van der Waals surface area contributed by atoms with Gasteiger partial charge in [0.05, 0.1) is 13.2 Å². The fraction of sp³-hybridized carbons (Fsp3) is 0.867. The number of amides is 1. The van der Waals surface area contributed by atoms with Crippen LogP contribution in [0.3, 0.4) is 0 Å². The zero-order valence-electron chi connectivity index (χ0n) is 13.7. The maximum absolute atomic E-state index is 12.1. The molecule has 0 aromatic rings. The summed E-state index contributed by atoms with van der Waals surface area (Å²) >= 11 is 0. The van der Waals surface area contributed by atoms with Crippen molar-refractivity contribution in [1.29, 1.82) is 0 Å². The number of nitrogens with one attached hydrogen (secondary N) is 2. The normalized spacial score (nSPS) is 14.2. The Bertz CT molecular complexity index is 301. The second kappa shape index (κ2) is 9.75. The molecule has 0 aliphatic carbocycles. The van der Waals surface area contributed by atoms with Crippen molar-refractivity contribution in [3.8, 4) is 0 Å². The van der Waals surface area contributed by atoms with Crippen molar-refractivity contribution in [3.05, 3.63) is 0 Å². The molecular weight excluding hydrogens is 256 g/mol. The van der Waals surface area contributed by atoms with Crippen LogP contribution >= 0.6 is 0 Å². The van der Waals surface area contributed by atoms with E-state index in [1.807, 2.05) is 27.7 Å². The molecule has 0 radical (unpaired) electrons. The van der Waals surface area contributed by atoms with Crippen LogP contribution in [0.5, 0.6) is 0 Å². The van der Waals surface area contributed by atoms with E-state index in [0.29, 0.717) is 12.3 Å². The van der Waals surface area contributed by atoms with Gasteiger partial charge in [-0.05, 0) is 32.1 Å². The molecule has 0 aliphatic heterocycles. The van der Waals surface area contributed by atoms with E-state index in [-0.39, 0.29) is 17.9 Å². The molecule has 0 fully saturated rings. The van der Waals surface area contributed by atoms with Gasteiger partial charge in [0.15, 0.2) is 0 Å². The summed E-state index contributed by atoms with van der Waals surface area (Å²) in [4.78, 5) is 23.8. The molecule has 0 saturated heterocycles. The lowest BCUT2D eigenvalue weighted by Gasteiger charge is -2.24. The van der Waals surface area contributed by atoms with Gasteiger partial charge >= 0.3 is 5.97 Å². The smallest absolute Gasteiger partial charge is 0.322 e. The fourth-order valence-electron chi connectivity index (χ4n) is 2.04. The first-order valence-electron chi connectivity index (χ1n) is 7.49. The third kappa shape index (κ3) is 6.89. The summed E-state index contributed by atoms with van der Waals surface area (Å²) in [6.45, 7) is 9.93. The third-order valence-electron chi connectivity index (χ3n) is 3.37. The maximum Gasteiger partial charge on any atom is 0.322 e. The van der Waals surface area contributed by atoms with Gasteiger partial charge < -0.3 is 10.1 Å². The molecule has 2 atom stereocenters. The van der Waals surface area contributed by atoms with E-state index in [0.717, 1.165) is 12.8 Å². The Morgan fingerprint density at radius 3 is 2.05 bits per heavy atom. The number of carbonyl (C=O) groups excluding carboxylic acids is 2. The van der Waals surface area contributed by atoms with Crippen molar-refractivity contribution in [2.75, 3.05) is 7.11 Å². The Labute approximate surface area is 122 Å². The van der Waals surface area contributed by atoms with E-state index in [1.165, 1.54) is 7.11 Å². The molecule has 0 spiro atoms. The number of ether oxygens (including phenoxy) is 1. The van der Waals surface area contributed by atoms with Gasteiger partial charge in [0, 0.05) is 6.04 Å². The Balaban J connectivity index is 4.53. The van der Waals surface area contributed by atoms with Crippen molar-refractivity contribution >= 4 is 11.9 Å². The van der Waals surface area contributed by atoms with Gasteiger partial charge in [0.25, 0.3) is 0 Å². The van der Waals surface area contributed by atoms with E-state index >= 15 is 0 Å². The molecule has 1 amide bonds. The average Bonchev–Trinajstić information content (AvgIpc) is 2.42. The second-order valence-electron chi connectivity index (χ2n) is 5.62. The van der Waals surface area contributed by atoms with Crippen molar-refractivity contribution in [2.45, 2.75) is 72.0 Å². The molecule has 2 N–H and O–H groups in total. The molecule has 0 saturated carbocycles. The molecule has 0 aromatic carbocycles. The average molecular weight is 286 g/mol. The largest absolute Gasteiger partial charge is 0.468 e. The van der Waals surface area contributed by atoms with Gasteiger partial charge in [0.1, 0.15) is 6.04 Å². The third-order valence-corrected chi connectivity index (χ3v) is 3.37. The number of hydrogen-bond acceptors (Lipinski definition) is 4. The van der Waals surface area contributed by atoms with Crippen LogP contribution in [0.1, 0.15) is 53.9 Å². The predicted octanol–water partition coefficient (Wildman–Crippen LogP) is 1.86. The summed E-state index contributed by atoms with van der Waals surface area (Å²) in [7, 11) is 1.37. The van der Waals surface area contributed by atoms with Crippen molar-refractivity contribution < 1.29 is 14.3 Å². The van der Waals surface area contributed by atoms with E-state index < -0.39 is 12.1 Å². The van der Waals surface area contributed by atoms with Gasteiger partial charge in [-0.3, -0.25) is 14.9 Å². The number of methoxy groups -OCH3 is 1. The number of esters is 1. The molecule has 0 bridgehead atoms. The number of rotatable bonds is 9. The van der Waals surface area contributed by atoms with Crippen molar-refractivity contribution in [3.63, 3.8) is 0 Å². The lowest BCUT2D eigenvalue weighted by atomic mass is 10.0. The highest BCUT2D eigenvalue weighted by Gasteiger charge is 2.25. The molecular formula is C15H30N2O3. The molecule has 20 heavy (non-hydrogen) atoms. The molecule has 118 valence electrons. The molecule has 2 unspecified atom stereocenters. The molecule has 0 aromatic heterocycles. The standard InChI is InChI=1S/C15H30N2O3/c1-7-12(8-2)17-14(18)11(5)16-13(9-10(3)4)15(19)20-6/h10-13,16H,7-9H2,1-6H3,(H,17,18). The zero-order valence-corrected chi connectivity index (χ0v) is 13.7. The van der Waals surface area contributed by atoms with E-state index in [2.05, 4.69) is 10.6 Å². The van der Waals surface area contributed by atoms with E-state index in [9.17, 15) is 9.59 Å². The second-order valence-corrected chi connectivity index (χ2v) is 5.62. The summed E-state index contributed by atoms with van der Waals surface area (Å²) in [5, 5.41) is 6.04. The van der Waals surface area contributed by atoms with E-state index in [1.54, 1.807) is 6.92 Å². The van der Waals surface area contributed by atoms with Crippen LogP contribution in [0, 0.1) is 5.92 Å². The molecule has 5 nitrogen and oxygen atoms in total. The van der Waals surface area contributed by atoms with Gasteiger partial charge in [-0.2, -0.15) is 0 Å². The highest BCUT2D eigenvalue weighted by Crippen LogP contribution is 2.07. The van der Waals surface area contributed by atoms with Gasteiger partial charge in [0.2, 0.25) is 5.91 Å². The minimum Gasteiger partial charge on any atom is -0.468 e. The summed E-state index contributed by atoms with van der Waals surface area (Å²) < 4.78 is 4.78. The Morgan fingerprint density at radius 2 is 1.65 bits per heavy atom. The Hall–Kier alpha value is -1.10. The SMILES string of the molecule is CCC(CC)NC(=O)C(C)NC(CC(C)C)C(=O)OC. The van der Waals surface area contributed by atoms with Crippen LogP contribution < -0.4 is 10.6 Å². The van der Waals surface area contributed by atoms with Crippen molar-refractivity contribution in [1.82, 2.24) is 10.6 Å². The van der Waals surface area contributed by atoms with Gasteiger partial charge in [-0.15, -0.1) is 0 Å². The first-order chi connectivity index (χ1) is 9.35. The first kappa shape index (κ1) is 18.9. The van der Waals surface area contributed by atoms with Crippen LogP contribution in [0.15, 0.2) is 0 Å². The number of hydrogen-bond donors (Lipinski definition) is 2. The Morgan fingerprint density at radius 1 is 1.10 bits per heavy atom. The zero-order chi connectivity index (χ0) is 15.7. The Kier molecular flexibility index (Phi) is 9.21. The fourth-order valence-corrected chi connectivity index (χ4v) is 2.04. The van der Waals surface area contributed by atoms with Gasteiger partial charge in [-0.1, -0.05) is 27.7 Å². The summed E-state index contributed by atoms with van der Waals surface area (Å²) in [5.74, 6) is -0.0434. The molecule has 0 aliphatic rings. The topological polar surface area (TPSA) is 67.4 Å². The molecule has 0 rings (SSSR count). The maximum atomic E-state index is 12.1. The number of carbonyl (C=O) groups is 2. The highest BCUT2D eigenvalue weighted by atomic mass is 16.5. The minimum absolute atomic E-state index is 0.0728. The monoisotopic (exact) mass is 286 g/mol. The summed E-state index contributed by atoms with van der Waals surface area (Å²) in [6, 6.07) is -0.672. The predicted molar refractivity (Wildman–Crippen MR) is 80.4 cm³/mol. The van der Waals surface area contributed by atoms with Crippen LogP contribution in [0.2, 0.25) is 0 Å². The van der Waals surface area contributed by atoms with Crippen LogP contribution in [-0.4, -0.2) is 37.1 Å². The van der Waals surface area contributed by atoms with E-state index in [4.69, 9.17) is 4.74 Å². The van der Waals surface area contributed by atoms with Crippen LogP contribution in [0.4, 0.5) is 0 Å². The van der Waals surface area contributed by atoms with Crippen LogP contribution in [-0.2, 0) is 14.3 Å². The minimum atomic E-state index is -0.442. The first-order valence-corrected chi connectivity index (χ1v) is 7.49. The highest BCUT2D eigenvalue weighted by molar-refractivity contribution is 5.83. The lowest BCUT2D eigenvalue weighted by Crippen LogP contribution is -2.51.